The van der Waals surface area contributed by atoms with Gasteiger partial charge in [-0.05, 0) is 0 Å². The zero-order valence-corrected chi connectivity index (χ0v) is 9.65. The quantitative estimate of drug-likeness (QED) is 0.629. The van der Waals surface area contributed by atoms with Gasteiger partial charge in [-0.15, -0.1) is 0 Å². The summed E-state index contributed by atoms with van der Waals surface area (Å²) in [5, 5.41) is 0. The van der Waals surface area contributed by atoms with Crippen molar-refractivity contribution < 1.29 is 14.3 Å². The maximum Gasteiger partial charge on any atom is 0.224 e. The Balaban J connectivity index is 1.89. The van der Waals surface area contributed by atoms with Crippen molar-refractivity contribution in [1.29, 1.82) is 0 Å². The zero-order chi connectivity index (χ0) is 11.5. The monoisotopic (exact) mass is 226 g/mol. The van der Waals surface area contributed by atoms with Crippen molar-refractivity contribution in [2.45, 2.75) is 25.9 Å². The molecule has 0 unspecified atom stereocenters. The fourth-order valence-corrected chi connectivity index (χ4v) is 1.95. The number of carbonyl (C=O) groups excluding carboxylic acids is 2. The van der Waals surface area contributed by atoms with Crippen molar-refractivity contribution in [2.24, 2.45) is 0 Å². The van der Waals surface area contributed by atoms with Crippen LogP contribution in [0.15, 0.2) is 0 Å². The molecule has 0 aromatic rings. The predicted molar refractivity (Wildman–Crippen MR) is 57.8 cm³/mol. The van der Waals surface area contributed by atoms with Crippen LogP contribution in [-0.2, 0) is 14.3 Å². The molecule has 5 nitrogen and oxygen atoms in total. The minimum Gasteiger partial charge on any atom is -0.371 e. The van der Waals surface area contributed by atoms with Crippen LogP contribution in [0.3, 0.4) is 0 Å². The summed E-state index contributed by atoms with van der Waals surface area (Å²) in [5.74, 6) is 0.277. The molecular weight excluding hydrogens is 208 g/mol. The highest BCUT2D eigenvalue weighted by Gasteiger charge is 2.30. The number of epoxide rings is 1. The molecule has 16 heavy (non-hydrogen) atoms. The molecule has 0 bridgehead atoms. The number of nitrogens with zero attached hydrogens (tertiary/aromatic N) is 2. The number of carbonyl (C=O) groups is 2. The molecule has 2 heterocycles. The highest BCUT2D eigenvalue weighted by molar-refractivity contribution is 5.80. The van der Waals surface area contributed by atoms with E-state index in [4.69, 9.17) is 4.74 Å². The Morgan fingerprint density at radius 2 is 2.19 bits per heavy atom. The maximum absolute atomic E-state index is 11.8. The summed E-state index contributed by atoms with van der Waals surface area (Å²) in [6.45, 7) is 5.17. The Morgan fingerprint density at radius 3 is 2.81 bits per heavy atom. The van der Waals surface area contributed by atoms with Crippen LogP contribution in [0, 0.1) is 0 Å². The molecule has 2 fully saturated rings. The van der Waals surface area contributed by atoms with E-state index in [0.717, 1.165) is 6.61 Å². The lowest BCUT2D eigenvalue weighted by Crippen LogP contribution is -2.37. The number of rotatable bonds is 3. The van der Waals surface area contributed by atoms with Crippen molar-refractivity contribution in [2.75, 3.05) is 32.8 Å². The van der Waals surface area contributed by atoms with E-state index >= 15 is 0 Å². The maximum atomic E-state index is 11.8. The van der Waals surface area contributed by atoms with Gasteiger partial charge in [0.15, 0.2) is 0 Å². The van der Waals surface area contributed by atoms with Gasteiger partial charge in [0, 0.05) is 39.0 Å². The minimum absolute atomic E-state index is 0.136. The number of hydrogen-bond acceptors (Lipinski definition) is 3. The van der Waals surface area contributed by atoms with Crippen LogP contribution >= 0.6 is 0 Å². The third kappa shape index (κ3) is 2.72. The van der Waals surface area contributed by atoms with Crippen LogP contribution in [0.1, 0.15) is 19.8 Å². The molecule has 0 aromatic heterocycles. The Morgan fingerprint density at radius 1 is 1.44 bits per heavy atom. The first kappa shape index (κ1) is 11.4. The highest BCUT2D eigenvalue weighted by atomic mass is 16.6. The lowest BCUT2D eigenvalue weighted by Gasteiger charge is -2.21. The molecule has 5 heteroatoms. The summed E-state index contributed by atoms with van der Waals surface area (Å²) >= 11 is 0. The molecule has 2 saturated heterocycles. The molecular formula is C11H18N2O3. The lowest BCUT2D eigenvalue weighted by molar-refractivity contribution is -0.130. The van der Waals surface area contributed by atoms with E-state index < -0.39 is 0 Å². The third-order valence-corrected chi connectivity index (χ3v) is 3.07. The smallest absolute Gasteiger partial charge is 0.224 e. The van der Waals surface area contributed by atoms with Crippen molar-refractivity contribution in [1.82, 2.24) is 9.80 Å². The van der Waals surface area contributed by atoms with E-state index in [2.05, 4.69) is 0 Å². The van der Waals surface area contributed by atoms with Gasteiger partial charge in [-0.2, -0.15) is 0 Å². The summed E-state index contributed by atoms with van der Waals surface area (Å²) in [4.78, 5) is 26.9. The van der Waals surface area contributed by atoms with Gasteiger partial charge in [-0.1, -0.05) is 6.92 Å². The minimum atomic E-state index is 0.136. The van der Waals surface area contributed by atoms with Crippen LogP contribution in [0.4, 0.5) is 0 Å². The van der Waals surface area contributed by atoms with Gasteiger partial charge in [0.2, 0.25) is 11.8 Å². The molecule has 0 N–H and O–H groups in total. The van der Waals surface area contributed by atoms with Gasteiger partial charge in [0.05, 0.1) is 12.7 Å². The molecule has 90 valence electrons. The van der Waals surface area contributed by atoms with Gasteiger partial charge >= 0.3 is 0 Å². The Labute approximate surface area is 95.3 Å². The topological polar surface area (TPSA) is 53.2 Å². The third-order valence-electron chi connectivity index (χ3n) is 3.07. The van der Waals surface area contributed by atoms with E-state index in [1.54, 1.807) is 4.90 Å². The molecule has 1 atom stereocenters. The number of amides is 2. The summed E-state index contributed by atoms with van der Waals surface area (Å²) in [6.07, 6.45) is 1.19. The van der Waals surface area contributed by atoms with Gasteiger partial charge in [0.1, 0.15) is 0 Å². The molecule has 0 spiro atoms. The summed E-state index contributed by atoms with van der Waals surface area (Å²) in [5.41, 5.74) is 0. The van der Waals surface area contributed by atoms with Crippen molar-refractivity contribution >= 4 is 11.8 Å². The predicted octanol–water partition coefficient (Wildman–Crippen LogP) is -0.144. The van der Waals surface area contributed by atoms with Gasteiger partial charge in [-0.3, -0.25) is 9.59 Å². The molecule has 0 saturated carbocycles. The SMILES string of the molecule is CCC(=O)N1CCC(=O)N(C[C@@H]2CO2)CC1. The van der Waals surface area contributed by atoms with Crippen molar-refractivity contribution in [3.8, 4) is 0 Å². The normalized spacial score (nSPS) is 25.6. The number of hydrogen-bond donors (Lipinski definition) is 0. The molecule has 0 radical (unpaired) electrons. The Hall–Kier alpha value is -1.10. The van der Waals surface area contributed by atoms with E-state index in [9.17, 15) is 9.59 Å². The van der Waals surface area contributed by atoms with E-state index in [0.29, 0.717) is 39.0 Å². The fourth-order valence-electron chi connectivity index (χ4n) is 1.95. The lowest BCUT2D eigenvalue weighted by atomic mass is 10.3. The highest BCUT2D eigenvalue weighted by Crippen LogP contribution is 2.13. The van der Waals surface area contributed by atoms with Crippen molar-refractivity contribution in [3.05, 3.63) is 0 Å². The average molecular weight is 226 g/mol. The number of ether oxygens (including phenoxy) is 1. The Bertz CT molecular complexity index is 289. The molecule has 2 aliphatic heterocycles. The van der Waals surface area contributed by atoms with E-state index in [1.165, 1.54) is 0 Å². The molecule has 2 rings (SSSR count). The largest absolute Gasteiger partial charge is 0.371 e. The van der Waals surface area contributed by atoms with Gasteiger partial charge < -0.3 is 14.5 Å². The van der Waals surface area contributed by atoms with Crippen LogP contribution in [-0.4, -0.2) is 60.5 Å². The second-order valence-electron chi connectivity index (χ2n) is 4.28. The zero-order valence-electron chi connectivity index (χ0n) is 9.65. The fraction of sp³-hybridized carbons (Fsp3) is 0.818. The van der Waals surface area contributed by atoms with Gasteiger partial charge in [-0.25, -0.2) is 0 Å². The van der Waals surface area contributed by atoms with Crippen LogP contribution < -0.4 is 0 Å². The van der Waals surface area contributed by atoms with Crippen molar-refractivity contribution in [3.63, 3.8) is 0 Å². The van der Waals surface area contributed by atoms with Gasteiger partial charge in [0.25, 0.3) is 0 Å². The summed E-state index contributed by atoms with van der Waals surface area (Å²) in [6, 6.07) is 0. The second kappa shape index (κ2) is 4.82. The second-order valence-corrected chi connectivity index (χ2v) is 4.28. The standard InChI is InChI=1S/C11H18N2O3/c1-2-10(14)12-4-3-11(15)13(6-5-12)7-9-8-16-9/h9H,2-8H2,1H3/t9-/m1/s1. The molecule has 0 aromatic carbocycles. The van der Waals surface area contributed by atoms with E-state index in [1.807, 2.05) is 11.8 Å². The first-order valence-corrected chi connectivity index (χ1v) is 5.88. The first-order chi connectivity index (χ1) is 7.70. The van der Waals surface area contributed by atoms with Crippen LogP contribution in [0.5, 0.6) is 0 Å². The summed E-state index contributed by atoms with van der Waals surface area (Å²) < 4.78 is 5.12. The first-order valence-electron chi connectivity index (χ1n) is 5.88. The average Bonchev–Trinajstić information content (AvgIpc) is 3.10. The van der Waals surface area contributed by atoms with E-state index in [-0.39, 0.29) is 17.9 Å². The molecule has 0 aliphatic carbocycles. The van der Waals surface area contributed by atoms with Crippen LogP contribution in [0.25, 0.3) is 0 Å². The molecule has 2 amide bonds. The molecule has 2 aliphatic rings. The van der Waals surface area contributed by atoms with Crippen LogP contribution in [0.2, 0.25) is 0 Å². The Kier molecular flexibility index (Phi) is 3.43. The summed E-state index contributed by atoms with van der Waals surface area (Å²) in [7, 11) is 0.